The average Bonchev–Trinajstić information content (AvgIpc) is 2.45. The van der Waals surface area contributed by atoms with Crippen LogP contribution in [0.3, 0.4) is 0 Å². The standard InChI is InChI=1S/C13H18BrN3O3S/c1-2-3-15-12-11(8-10(14)9-16-12)13(18)17-4-6-21(19,20)7-5-17/h8-9H,2-7H2,1H3,(H,15,16). The van der Waals surface area contributed by atoms with Crippen molar-refractivity contribution in [1.29, 1.82) is 0 Å². The molecule has 8 heteroatoms. The molecular formula is C13H18BrN3O3S. The molecule has 1 aromatic rings. The Balaban J connectivity index is 2.20. The monoisotopic (exact) mass is 375 g/mol. The summed E-state index contributed by atoms with van der Waals surface area (Å²) < 4.78 is 23.6. The summed E-state index contributed by atoms with van der Waals surface area (Å²) in [4.78, 5) is 18.4. The predicted octanol–water partition coefficient (Wildman–Crippen LogP) is 1.54. The number of aromatic nitrogens is 1. The van der Waals surface area contributed by atoms with Gasteiger partial charge in [0.1, 0.15) is 5.82 Å². The Kier molecular flexibility index (Phi) is 5.21. The van der Waals surface area contributed by atoms with Gasteiger partial charge in [-0.05, 0) is 28.4 Å². The molecule has 0 saturated carbocycles. The molecule has 116 valence electrons. The minimum atomic E-state index is -3.00. The van der Waals surface area contributed by atoms with E-state index in [1.165, 1.54) is 0 Å². The van der Waals surface area contributed by atoms with Gasteiger partial charge < -0.3 is 10.2 Å². The number of pyridine rings is 1. The maximum atomic E-state index is 12.6. The molecule has 1 amide bonds. The molecule has 1 N–H and O–H groups in total. The number of carbonyl (C=O) groups excluding carboxylic acids is 1. The molecule has 0 bridgehead atoms. The molecule has 1 aliphatic rings. The highest BCUT2D eigenvalue weighted by molar-refractivity contribution is 9.10. The second kappa shape index (κ2) is 6.74. The molecular weight excluding hydrogens is 358 g/mol. The third kappa shape index (κ3) is 4.16. The summed E-state index contributed by atoms with van der Waals surface area (Å²) in [6, 6.07) is 1.72. The predicted molar refractivity (Wildman–Crippen MR) is 85.3 cm³/mol. The fraction of sp³-hybridized carbons (Fsp3) is 0.538. The van der Waals surface area contributed by atoms with Crippen LogP contribution in [0.4, 0.5) is 5.82 Å². The van der Waals surface area contributed by atoms with Crippen LogP contribution < -0.4 is 5.32 Å². The first-order valence-corrected chi connectivity index (χ1v) is 9.43. The minimum Gasteiger partial charge on any atom is -0.369 e. The third-order valence-electron chi connectivity index (χ3n) is 3.26. The smallest absolute Gasteiger partial charge is 0.257 e. The van der Waals surface area contributed by atoms with Gasteiger partial charge in [0.2, 0.25) is 0 Å². The Hall–Kier alpha value is -1.15. The van der Waals surface area contributed by atoms with E-state index in [4.69, 9.17) is 0 Å². The number of rotatable bonds is 4. The Labute approximate surface area is 133 Å². The van der Waals surface area contributed by atoms with Crippen molar-refractivity contribution in [3.05, 3.63) is 22.3 Å². The van der Waals surface area contributed by atoms with Crippen LogP contribution in [-0.2, 0) is 9.84 Å². The second-order valence-electron chi connectivity index (χ2n) is 4.92. The van der Waals surface area contributed by atoms with Crippen LogP contribution in [0.25, 0.3) is 0 Å². The molecule has 2 heterocycles. The lowest BCUT2D eigenvalue weighted by Gasteiger charge is -2.27. The lowest BCUT2D eigenvalue weighted by molar-refractivity contribution is 0.0771. The van der Waals surface area contributed by atoms with E-state index in [-0.39, 0.29) is 30.5 Å². The average molecular weight is 376 g/mol. The number of anilines is 1. The summed E-state index contributed by atoms with van der Waals surface area (Å²) in [5, 5.41) is 3.13. The summed E-state index contributed by atoms with van der Waals surface area (Å²) in [5.41, 5.74) is 0.470. The highest BCUT2D eigenvalue weighted by Gasteiger charge is 2.27. The Morgan fingerprint density at radius 2 is 2.10 bits per heavy atom. The number of hydrogen-bond donors (Lipinski definition) is 1. The van der Waals surface area contributed by atoms with E-state index in [9.17, 15) is 13.2 Å². The zero-order chi connectivity index (χ0) is 15.5. The number of amides is 1. The Bertz CT molecular complexity index is 620. The van der Waals surface area contributed by atoms with Crippen LogP contribution in [0.2, 0.25) is 0 Å². The van der Waals surface area contributed by atoms with Crippen LogP contribution in [-0.4, -0.2) is 55.3 Å². The molecule has 0 radical (unpaired) electrons. The maximum Gasteiger partial charge on any atom is 0.257 e. The van der Waals surface area contributed by atoms with Crippen molar-refractivity contribution >= 4 is 37.5 Å². The van der Waals surface area contributed by atoms with Crippen molar-refractivity contribution in [3.63, 3.8) is 0 Å². The minimum absolute atomic E-state index is 0.0257. The summed E-state index contributed by atoms with van der Waals surface area (Å²) in [6.07, 6.45) is 2.56. The summed E-state index contributed by atoms with van der Waals surface area (Å²) in [7, 11) is -3.00. The van der Waals surface area contributed by atoms with E-state index < -0.39 is 9.84 Å². The van der Waals surface area contributed by atoms with E-state index in [0.29, 0.717) is 11.4 Å². The van der Waals surface area contributed by atoms with Crippen molar-refractivity contribution < 1.29 is 13.2 Å². The molecule has 0 spiro atoms. The highest BCUT2D eigenvalue weighted by atomic mass is 79.9. The Morgan fingerprint density at radius 1 is 1.43 bits per heavy atom. The number of halogens is 1. The van der Waals surface area contributed by atoms with E-state index in [0.717, 1.165) is 17.4 Å². The van der Waals surface area contributed by atoms with Crippen molar-refractivity contribution in [2.45, 2.75) is 13.3 Å². The van der Waals surface area contributed by atoms with E-state index in [2.05, 4.69) is 26.2 Å². The summed E-state index contributed by atoms with van der Waals surface area (Å²) in [5.74, 6) is 0.409. The normalized spacial score (nSPS) is 17.5. The van der Waals surface area contributed by atoms with Gasteiger partial charge in [-0.15, -0.1) is 0 Å². The van der Waals surface area contributed by atoms with Crippen LogP contribution in [0.1, 0.15) is 23.7 Å². The van der Waals surface area contributed by atoms with Gasteiger partial charge in [-0.25, -0.2) is 13.4 Å². The van der Waals surface area contributed by atoms with E-state index >= 15 is 0 Å². The van der Waals surface area contributed by atoms with Gasteiger partial charge in [0, 0.05) is 30.3 Å². The number of nitrogens with zero attached hydrogens (tertiary/aromatic N) is 2. The first-order chi connectivity index (χ1) is 9.93. The maximum absolute atomic E-state index is 12.6. The van der Waals surface area contributed by atoms with E-state index in [1.54, 1.807) is 17.2 Å². The molecule has 1 aliphatic heterocycles. The number of nitrogens with one attached hydrogen (secondary N) is 1. The molecule has 0 unspecified atom stereocenters. The van der Waals surface area contributed by atoms with Crippen molar-refractivity contribution in [3.8, 4) is 0 Å². The summed E-state index contributed by atoms with van der Waals surface area (Å²) in [6.45, 7) is 3.23. The van der Waals surface area contributed by atoms with Gasteiger partial charge in [-0.2, -0.15) is 0 Å². The van der Waals surface area contributed by atoms with Crippen molar-refractivity contribution in [2.24, 2.45) is 0 Å². The fourth-order valence-electron chi connectivity index (χ4n) is 2.07. The topological polar surface area (TPSA) is 79.4 Å². The fourth-order valence-corrected chi connectivity index (χ4v) is 3.60. The van der Waals surface area contributed by atoms with Crippen molar-refractivity contribution in [1.82, 2.24) is 9.88 Å². The lowest BCUT2D eigenvalue weighted by atomic mass is 10.2. The molecule has 0 atom stereocenters. The van der Waals surface area contributed by atoms with Crippen LogP contribution in [0.5, 0.6) is 0 Å². The van der Waals surface area contributed by atoms with Gasteiger partial charge in [-0.3, -0.25) is 4.79 Å². The first-order valence-electron chi connectivity index (χ1n) is 6.82. The lowest BCUT2D eigenvalue weighted by Crippen LogP contribution is -2.44. The Morgan fingerprint density at radius 3 is 2.71 bits per heavy atom. The van der Waals surface area contributed by atoms with Crippen LogP contribution in [0, 0.1) is 0 Å². The number of sulfone groups is 1. The van der Waals surface area contributed by atoms with Gasteiger partial charge in [-0.1, -0.05) is 6.92 Å². The molecule has 2 rings (SSSR count). The SMILES string of the molecule is CCCNc1ncc(Br)cc1C(=O)N1CCS(=O)(=O)CC1. The van der Waals surface area contributed by atoms with Crippen molar-refractivity contribution in [2.75, 3.05) is 36.5 Å². The van der Waals surface area contributed by atoms with E-state index in [1.807, 2.05) is 6.92 Å². The van der Waals surface area contributed by atoms with Gasteiger partial charge in [0.05, 0.1) is 17.1 Å². The van der Waals surface area contributed by atoms with Gasteiger partial charge in [0.25, 0.3) is 5.91 Å². The summed E-state index contributed by atoms with van der Waals surface area (Å²) >= 11 is 3.32. The number of carbonyl (C=O) groups is 1. The third-order valence-corrected chi connectivity index (χ3v) is 5.30. The molecule has 1 saturated heterocycles. The molecule has 0 aromatic carbocycles. The highest BCUT2D eigenvalue weighted by Crippen LogP contribution is 2.21. The molecule has 1 aromatic heterocycles. The first kappa shape index (κ1) is 16.2. The molecule has 6 nitrogen and oxygen atoms in total. The molecule has 1 fully saturated rings. The van der Waals surface area contributed by atoms with Gasteiger partial charge in [0.15, 0.2) is 9.84 Å². The molecule has 0 aliphatic carbocycles. The zero-order valence-electron chi connectivity index (χ0n) is 11.8. The molecule has 21 heavy (non-hydrogen) atoms. The van der Waals surface area contributed by atoms with Crippen LogP contribution >= 0.6 is 15.9 Å². The number of hydrogen-bond acceptors (Lipinski definition) is 5. The van der Waals surface area contributed by atoms with Gasteiger partial charge >= 0.3 is 0 Å². The second-order valence-corrected chi connectivity index (χ2v) is 8.14. The largest absolute Gasteiger partial charge is 0.369 e. The zero-order valence-corrected chi connectivity index (χ0v) is 14.2. The quantitative estimate of drug-likeness (QED) is 0.863. The van der Waals surface area contributed by atoms with Crippen LogP contribution in [0.15, 0.2) is 16.7 Å².